The van der Waals surface area contributed by atoms with Gasteiger partial charge in [0.15, 0.2) is 0 Å². The Labute approximate surface area is 156 Å². The summed E-state index contributed by atoms with van der Waals surface area (Å²) < 4.78 is 11.2. The smallest absolute Gasteiger partial charge is 0.213 e. The highest BCUT2D eigenvalue weighted by Gasteiger charge is 2.17. The third-order valence-electron chi connectivity index (χ3n) is 4.08. The van der Waals surface area contributed by atoms with E-state index in [1.54, 1.807) is 17.5 Å². The van der Waals surface area contributed by atoms with Gasteiger partial charge in [0.1, 0.15) is 11.1 Å². The molecular weight excluding hydrogens is 348 g/mol. The highest BCUT2D eigenvalue weighted by Crippen LogP contribution is 2.20. The van der Waals surface area contributed by atoms with Gasteiger partial charge in [-0.3, -0.25) is 0 Å². The average Bonchev–Trinajstić information content (AvgIpc) is 3.33. The first-order valence-electron chi connectivity index (χ1n) is 8.65. The van der Waals surface area contributed by atoms with Crippen LogP contribution in [0, 0.1) is 0 Å². The maximum atomic E-state index is 5.85. The maximum Gasteiger partial charge on any atom is 0.213 e. The van der Waals surface area contributed by atoms with E-state index in [0.717, 1.165) is 35.2 Å². The highest BCUT2D eigenvalue weighted by atomic mass is 32.1. The summed E-state index contributed by atoms with van der Waals surface area (Å²) in [7, 11) is 0. The van der Waals surface area contributed by atoms with Gasteiger partial charge in [0.25, 0.3) is 0 Å². The van der Waals surface area contributed by atoms with Gasteiger partial charge in [0.2, 0.25) is 11.0 Å². The molecule has 0 bridgehead atoms. The molecule has 0 aliphatic carbocycles. The molecule has 0 amide bonds. The van der Waals surface area contributed by atoms with E-state index in [1.807, 2.05) is 30.3 Å². The number of rotatable bonds is 7. The van der Waals surface area contributed by atoms with Crippen LogP contribution in [0.5, 0.6) is 5.88 Å². The van der Waals surface area contributed by atoms with Crippen LogP contribution < -0.4 is 10.1 Å². The minimum absolute atomic E-state index is 0.106. The average molecular weight is 368 g/mol. The number of hydrogen-bond donors (Lipinski definition) is 1. The summed E-state index contributed by atoms with van der Waals surface area (Å²) >= 11 is 1.58. The van der Waals surface area contributed by atoms with E-state index < -0.39 is 0 Å². The lowest BCUT2D eigenvalue weighted by molar-refractivity contribution is 0.138. The van der Waals surface area contributed by atoms with Crippen molar-refractivity contribution in [2.24, 2.45) is 0 Å². The van der Waals surface area contributed by atoms with Crippen LogP contribution in [0.4, 0.5) is 5.13 Å². The molecule has 1 aliphatic rings. The van der Waals surface area contributed by atoms with Crippen molar-refractivity contribution >= 4 is 16.5 Å². The van der Waals surface area contributed by atoms with Crippen molar-refractivity contribution in [3.05, 3.63) is 64.8 Å². The Bertz CT molecular complexity index is 834. The Morgan fingerprint density at radius 1 is 1.15 bits per heavy atom. The van der Waals surface area contributed by atoms with Crippen molar-refractivity contribution in [3.8, 4) is 5.88 Å². The number of aromatic nitrogens is 3. The first kappa shape index (κ1) is 16.9. The number of pyridine rings is 1. The number of ether oxygens (including phenoxy) is 2. The minimum atomic E-state index is 0.106. The molecule has 134 valence electrons. The molecule has 0 saturated carbocycles. The molecule has 1 saturated heterocycles. The minimum Gasteiger partial charge on any atom is -0.472 e. The summed E-state index contributed by atoms with van der Waals surface area (Å²) in [6.07, 6.45) is 3.59. The lowest BCUT2D eigenvalue weighted by Crippen LogP contribution is -2.16. The largest absolute Gasteiger partial charge is 0.472 e. The normalized spacial score (nSPS) is 16.5. The Morgan fingerprint density at radius 3 is 2.92 bits per heavy atom. The first-order valence-corrected chi connectivity index (χ1v) is 9.46. The zero-order valence-corrected chi connectivity index (χ0v) is 15.1. The third kappa shape index (κ3) is 4.56. The Hall–Kier alpha value is -2.51. The van der Waals surface area contributed by atoms with Crippen LogP contribution in [0.15, 0.2) is 48.7 Å². The van der Waals surface area contributed by atoms with Crippen molar-refractivity contribution in [3.63, 3.8) is 0 Å². The van der Waals surface area contributed by atoms with Crippen LogP contribution in [0.2, 0.25) is 0 Å². The van der Waals surface area contributed by atoms with Gasteiger partial charge in [-0.15, -0.1) is 10.2 Å². The molecule has 6 nitrogen and oxygen atoms in total. The van der Waals surface area contributed by atoms with Gasteiger partial charge in [0, 0.05) is 31.6 Å². The van der Waals surface area contributed by atoms with Crippen LogP contribution in [0.25, 0.3) is 0 Å². The first-order chi connectivity index (χ1) is 12.8. The fourth-order valence-electron chi connectivity index (χ4n) is 2.75. The van der Waals surface area contributed by atoms with Crippen LogP contribution in [0.3, 0.4) is 0 Å². The summed E-state index contributed by atoms with van der Waals surface area (Å²) in [6.45, 7) is 2.05. The van der Waals surface area contributed by atoms with Crippen molar-refractivity contribution in [1.82, 2.24) is 15.2 Å². The van der Waals surface area contributed by atoms with Crippen molar-refractivity contribution in [1.29, 1.82) is 0 Å². The maximum absolute atomic E-state index is 5.85. The molecule has 1 aliphatic heterocycles. The molecular formula is C19H20N4O2S. The Balaban J connectivity index is 1.32. The molecule has 0 radical (unpaired) electrons. The molecule has 1 unspecified atom stereocenters. The quantitative estimate of drug-likeness (QED) is 0.690. The summed E-state index contributed by atoms with van der Waals surface area (Å²) in [5.41, 5.74) is 2.33. The van der Waals surface area contributed by atoms with Crippen molar-refractivity contribution in [2.45, 2.75) is 25.5 Å². The summed E-state index contributed by atoms with van der Waals surface area (Å²) in [5.74, 6) is 0.641. The zero-order chi connectivity index (χ0) is 17.6. The molecule has 1 aromatic carbocycles. The van der Waals surface area contributed by atoms with Gasteiger partial charge in [0.05, 0.1) is 13.2 Å². The number of anilines is 1. The van der Waals surface area contributed by atoms with E-state index in [4.69, 9.17) is 9.47 Å². The van der Waals surface area contributed by atoms with Gasteiger partial charge in [-0.1, -0.05) is 41.7 Å². The van der Waals surface area contributed by atoms with E-state index >= 15 is 0 Å². The van der Waals surface area contributed by atoms with Gasteiger partial charge in [-0.25, -0.2) is 4.98 Å². The molecule has 3 heterocycles. The topological polar surface area (TPSA) is 69.2 Å². The highest BCUT2D eigenvalue weighted by molar-refractivity contribution is 7.15. The van der Waals surface area contributed by atoms with Gasteiger partial charge in [-0.2, -0.15) is 0 Å². The third-order valence-corrected chi connectivity index (χ3v) is 4.96. The standard InChI is InChI=1S/C19H20N4O2S/c1-2-4-14(5-3-1)11-18-22-23-19(26-18)21-12-15-6-8-20-17(10-15)25-16-7-9-24-13-16/h1-6,8,10,16H,7,9,11-13H2,(H,21,23). The Morgan fingerprint density at radius 2 is 2.08 bits per heavy atom. The fraction of sp³-hybridized carbons (Fsp3) is 0.316. The van der Waals surface area contributed by atoms with E-state index in [1.165, 1.54) is 5.56 Å². The second kappa shape index (κ2) is 8.25. The fourth-order valence-corrected chi connectivity index (χ4v) is 3.52. The molecule has 2 aromatic heterocycles. The number of nitrogens with zero attached hydrogens (tertiary/aromatic N) is 3. The second-order valence-electron chi connectivity index (χ2n) is 6.12. The van der Waals surface area contributed by atoms with E-state index in [2.05, 4.69) is 32.6 Å². The van der Waals surface area contributed by atoms with E-state index in [-0.39, 0.29) is 6.10 Å². The molecule has 4 rings (SSSR count). The molecule has 1 N–H and O–H groups in total. The number of benzene rings is 1. The molecule has 7 heteroatoms. The van der Waals surface area contributed by atoms with E-state index in [9.17, 15) is 0 Å². The molecule has 3 aromatic rings. The van der Waals surface area contributed by atoms with E-state index in [0.29, 0.717) is 19.0 Å². The van der Waals surface area contributed by atoms with Crippen LogP contribution in [-0.2, 0) is 17.7 Å². The van der Waals surface area contributed by atoms with Crippen molar-refractivity contribution < 1.29 is 9.47 Å². The monoisotopic (exact) mass is 368 g/mol. The molecule has 26 heavy (non-hydrogen) atoms. The number of hydrogen-bond acceptors (Lipinski definition) is 7. The van der Waals surface area contributed by atoms with Gasteiger partial charge < -0.3 is 14.8 Å². The Kier molecular flexibility index (Phi) is 5.37. The molecule has 1 atom stereocenters. The zero-order valence-electron chi connectivity index (χ0n) is 14.3. The van der Waals surface area contributed by atoms with Crippen molar-refractivity contribution in [2.75, 3.05) is 18.5 Å². The summed E-state index contributed by atoms with van der Waals surface area (Å²) in [6, 6.07) is 14.2. The van der Waals surface area contributed by atoms with Gasteiger partial charge in [-0.05, 0) is 17.2 Å². The lowest BCUT2D eigenvalue weighted by atomic mass is 10.2. The van der Waals surface area contributed by atoms with Crippen LogP contribution in [-0.4, -0.2) is 34.5 Å². The summed E-state index contributed by atoms with van der Waals surface area (Å²) in [5, 5.41) is 13.6. The van der Waals surface area contributed by atoms with Gasteiger partial charge >= 0.3 is 0 Å². The molecule has 0 spiro atoms. The SMILES string of the molecule is c1ccc(Cc2nnc(NCc3ccnc(OC4CCOC4)c3)s2)cc1. The molecule has 1 fully saturated rings. The second-order valence-corrected chi connectivity index (χ2v) is 7.18. The lowest BCUT2D eigenvalue weighted by Gasteiger charge is -2.11. The number of nitrogens with one attached hydrogen (secondary N) is 1. The predicted octanol–water partition coefficient (Wildman–Crippen LogP) is 3.30. The summed E-state index contributed by atoms with van der Waals surface area (Å²) in [4.78, 5) is 4.28. The predicted molar refractivity (Wildman–Crippen MR) is 101 cm³/mol. The van der Waals surface area contributed by atoms with Crippen LogP contribution >= 0.6 is 11.3 Å². The van der Waals surface area contributed by atoms with Crippen LogP contribution in [0.1, 0.15) is 22.6 Å².